The zero-order chi connectivity index (χ0) is 16.1. The highest BCUT2D eigenvalue weighted by atomic mass is 35.5. The monoisotopic (exact) mass is 332 g/mol. The molecule has 0 saturated carbocycles. The molecule has 0 aliphatic carbocycles. The lowest BCUT2D eigenvalue weighted by molar-refractivity contribution is 0.0645. The first-order valence-corrected chi connectivity index (χ1v) is 8.35. The van der Waals surface area contributed by atoms with Crippen LogP contribution in [0.5, 0.6) is 0 Å². The van der Waals surface area contributed by atoms with Gasteiger partial charge in [0.2, 0.25) is 5.95 Å². The number of nitrogens with zero attached hydrogens (tertiary/aromatic N) is 4. The molecule has 2 heterocycles. The molecule has 0 N–H and O–H groups in total. The number of hydrogen-bond acceptors (Lipinski definition) is 5. The minimum Gasteiger partial charge on any atom is -0.381 e. The minimum atomic E-state index is 0.648. The van der Waals surface area contributed by atoms with Gasteiger partial charge in [-0.3, -0.25) is 0 Å². The van der Waals surface area contributed by atoms with E-state index in [0.29, 0.717) is 11.0 Å². The summed E-state index contributed by atoms with van der Waals surface area (Å²) >= 11 is 6.05. The van der Waals surface area contributed by atoms with Crippen molar-refractivity contribution < 1.29 is 4.74 Å². The van der Waals surface area contributed by atoms with E-state index in [1.54, 1.807) is 6.20 Å². The summed E-state index contributed by atoms with van der Waals surface area (Å²) in [6.07, 6.45) is 5.09. The molecule has 0 amide bonds. The lowest BCUT2D eigenvalue weighted by atomic mass is 9.96. The van der Waals surface area contributed by atoms with Gasteiger partial charge in [-0.2, -0.15) is 5.10 Å². The molecule has 1 fully saturated rings. The zero-order valence-corrected chi connectivity index (χ0v) is 14.0. The molecule has 2 aromatic rings. The third-order valence-corrected chi connectivity index (χ3v) is 4.46. The summed E-state index contributed by atoms with van der Waals surface area (Å²) in [5.41, 5.74) is 1.74. The summed E-state index contributed by atoms with van der Waals surface area (Å²) in [6, 6.07) is 7.62. The molecule has 5 nitrogen and oxygen atoms in total. The molecular weight excluding hydrogens is 312 g/mol. The Bertz CT molecular complexity index is 646. The standard InChI is InChI=1S/C17H21ClN4O/c1-22(8-5-13-6-9-23-10-7-13)17-20-16(12-19-21-17)14-3-2-4-15(18)11-14/h2-4,11-13H,5-10H2,1H3. The van der Waals surface area contributed by atoms with Crippen molar-refractivity contribution in [2.45, 2.75) is 19.3 Å². The van der Waals surface area contributed by atoms with Gasteiger partial charge in [-0.15, -0.1) is 5.10 Å². The van der Waals surface area contributed by atoms with E-state index in [-0.39, 0.29) is 0 Å². The van der Waals surface area contributed by atoms with Crippen LogP contribution in [0.1, 0.15) is 19.3 Å². The lowest BCUT2D eigenvalue weighted by Crippen LogP contribution is -2.25. The van der Waals surface area contributed by atoms with Gasteiger partial charge in [0.05, 0.1) is 11.9 Å². The minimum absolute atomic E-state index is 0.648. The maximum atomic E-state index is 6.05. The van der Waals surface area contributed by atoms with Gasteiger partial charge in [0.25, 0.3) is 0 Å². The summed E-state index contributed by atoms with van der Waals surface area (Å²) in [5.74, 6) is 1.38. The molecule has 0 spiro atoms. The third kappa shape index (κ3) is 4.39. The lowest BCUT2D eigenvalue weighted by Gasteiger charge is -2.24. The highest BCUT2D eigenvalue weighted by molar-refractivity contribution is 6.30. The number of benzene rings is 1. The Morgan fingerprint density at radius 1 is 1.30 bits per heavy atom. The van der Waals surface area contributed by atoms with Crippen LogP contribution in [0, 0.1) is 5.92 Å². The average molecular weight is 333 g/mol. The first kappa shape index (κ1) is 16.1. The van der Waals surface area contributed by atoms with Gasteiger partial charge in [0, 0.05) is 37.4 Å². The highest BCUT2D eigenvalue weighted by Gasteiger charge is 2.15. The van der Waals surface area contributed by atoms with Gasteiger partial charge < -0.3 is 9.64 Å². The van der Waals surface area contributed by atoms with Crippen LogP contribution in [0.15, 0.2) is 30.5 Å². The molecule has 3 rings (SSSR count). The zero-order valence-electron chi connectivity index (χ0n) is 13.3. The molecule has 0 radical (unpaired) electrons. The highest BCUT2D eigenvalue weighted by Crippen LogP contribution is 2.22. The van der Waals surface area contributed by atoms with Gasteiger partial charge in [0.15, 0.2) is 0 Å². The van der Waals surface area contributed by atoms with Crippen molar-refractivity contribution in [1.29, 1.82) is 0 Å². The van der Waals surface area contributed by atoms with Crippen LogP contribution in [-0.2, 0) is 4.74 Å². The van der Waals surface area contributed by atoms with Crippen LogP contribution in [-0.4, -0.2) is 42.0 Å². The number of ether oxygens (including phenoxy) is 1. The van der Waals surface area contributed by atoms with E-state index < -0.39 is 0 Å². The number of aromatic nitrogens is 3. The van der Waals surface area contributed by atoms with Crippen molar-refractivity contribution in [2.75, 3.05) is 31.7 Å². The van der Waals surface area contributed by atoms with Gasteiger partial charge in [-0.1, -0.05) is 23.7 Å². The fourth-order valence-corrected chi connectivity index (χ4v) is 2.94. The van der Waals surface area contributed by atoms with E-state index in [9.17, 15) is 0 Å². The van der Waals surface area contributed by atoms with Crippen LogP contribution in [0.25, 0.3) is 11.3 Å². The van der Waals surface area contributed by atoms with Crippen molar-refractivity contribution in [2.24, 2.45) is 5.92 Å². The second-order valence-electron chi connectivity index (χ2n) is 5.92. The molecule has 23 heavy (non-hydrogen) atoms. The number of hydrogen-bond donors (Lipinski definition) is 0. The molecule has 1 saturated heterocycles. The quantitative estimate of drug-likeness (QED) is 0.839. The Hall–Kier alpha value is -1.72. The van der Waals surface area contributed by atoms with Crippen LogP contribution >= 0.6 is 11.6 Å². The maximum absolute atomic E-state index is 6.05. The van der Waals surface area contributed by atoms with Gasteiger partial charge in [-0.25, -0.2) is 4.98 Å². The SMILES string of the molecule is CN(CCC1CCOCC1)c1nncc(-c2cccc(Cl)c2)n1. The topological polar surface area (TPSA) is 51.1 Å². The third-order valence-electron chi connectivity index (χ3n) is 4.22. The van der Waals surface area contributed by atoms with Crippen LogP contribution in [0.4, 0.5) is 5.95 Å². The molecule has 122 valence electrons. The Balaban J connectivity index is 1.66. The first-order chi connectivity index (χ1) is 11.2. The van der Waals surface area contributed by atoms with Crippen molar-refractivity contribution in [1.82, 2.24) is 15.2 Å². The van der Waals surface area contributed by atoms with Gasteiger partial charge in [-0.05, 0) is 37.3 Å². The predicted molar refractivity (Wildman–Crippen MR) is 91.7 cm³/mol. The van der Waals surface area contributed by atoms with Crippen LogP contribution in [0.2, 0.25) is 5.02 Å². The van der Waals surface area contributed by atoms with E-state index in [0.717, 1.165) is 56.2 Å². The Morgan fingerprint density at radius 3 is 2.91 bits per heavy atom. The molecule has 6 heteroatoms. The smallest absolute Gasteiger partial charge is 0.245 e. The van der Waals surface area contributed by atoms with Crippen molar-refractivity contribution in [3.63, 3.8) is 0 Å². The number of rotatable bonds is 5. The maximum Gasteiger partial charge on any atom is 0.245 e. The normalized spacial score (nSPS) is 15.6. The molecule has 1 aromatic heterocycles. The van der Waals surface area contributed by atoms with Crippen LogP contribution in [0.3, 0.4) is 0 Å². The van der Waals surface area contributed by atoms with Crippen molar-refractivity contribution in [3.05, 3.63) is 35.5 Å². The summed E-state index contributed by atoms with van der Waals surface area (Å²) < 4.78 is 5.41. The van der Waals surface area contributed by atoms with E-state index in [2.05, 4.69) is 20.1 Å². The number of halogens is 1. The fraction of sp³-hybridized carbons (Fsp3) is 0.471. The van der Waals surface area contributed by atoms with E-state index in [1.807, 2.05) is 31.3 Å². The molecule has 1 aromatic carbocycles. The second-order valence-corrected chi connectivity index (χ2v) is 6.35. The van der Waals surface area contributed by atoms with E-state index in [4.69, 9.17) is 16.3 Å². The Morgan fingerprint density at radius 2 is 2.13 bits per heavy atom. The average Bonchev–Trinajstić information content (AvgIpc) is 2.61. The summed E-state index contributed by atoms with van der Waals surface area (Å²) in [6.45, 7) is 2.69. The second kappa shape index (κ2) is 7.70. The fourth-order valence-electron chi connectivity index (χ4n) is 2.75. The van der Waals surface area contributed by atoms with Crippen molar-refractivity contribution >= 4 is 17.5 Å². The van der Waals surface area contributed by atoms with Crippen LogP contribution < -0.4 is 4.90 Å². The number of anilines is 1. The van der Waals surface area contributed by atoms with Gasteiger partial charge >= 0.3 is 0 Å². The van der Waals surface area contributed by atoms with E-state index >= 15 is 0 Å². The van der Waals surface area contributed by atoms with Crippen molar-refractivity contribution in [3.8, 4) is 11.3 Å². The van der Waals surface area contributed by atoms with Gasteiger partial charge in [0.1, 0.15) is 0 Å². The molecule has 0 unspecified atom stereocenters. The molecular formula is C17H21ClN4O. The summed E-state index contributed by atoms with van der Waals surface area (Å²) in [7, 11) is 2.01. The Labute approximate surface area is 141 Å². The summed E-state index contributed by atoms with van der Waals surface area (Å²) in [5, 5.41) is 8.94. The first-order valence-electron chi connectivity index (χ1n) is 7.97. The Kier molecular flexibility index (Phi) is 5.41. The largest absolute Gasteiger partial charge is 0.381 e. The predicted octanol–water partition coefficient (Wildman–Crippen LogP) is 3.44. The molecule has 0 bridgehead atoms. The van der Waals surface area contributed by atoms with E-state index in [1.165, 1.54) is 0 Å². The molecule has 0 atom stereocenters. The molecule has 1 aliphatic heterocycles. The summed E-state index contributed by atoms with van der Waals surface area (Å²) in [4.78, 5) is 6.68. The molecule has 1 aliphatic rings.